The maximum atomic E-state index is 4.64. The summed E-state index contributed by atoms with van der Waals surface area (Å²) in [5.41, 5.74) is 3.07. The van der Waals surface area contributed by atoms with Gasteiger partial charge in [-0.3, -0.25) is 4.40 Å². The van der Waals surface area contributed by atoms with Crippen LogP contribution in [0, 0.1) is 6.92 Å². The molecule has 3 aromatic rings. The number of aryl methyl sites for hydroxylation is 1. The summed E-state index contributed by atoms with van der Waals surface area (Å²) in [5, 5.41) is 9.03. The van der Waals surface area contributed by atoms with Gasteiger partial charge in [-0.2, -0.15) is 5.10 Å². The van der Waals surface area contributed by atoms with Crippen LogP contribution in [0.3, 0.4) is 0 Å². The van der Waals surface area contributed by atoms with Crippen molar-refractivity contribution in [2.75, 3.05) is 6.26 Å². The van der Waals surface area contributed by atoms with Crippen molar-refractivity contribution in [1.82, 2.24) is 19.6 Å². The number of rotatable bonds is 2. The SMILES string of the molecule is CSc1nncc2c(C)nc(-c3ccccc3)n12. The maximum absolute atomic E-state index is 4.64. The number of benzene rings is 1. The molecule has 90 valence electrons. The molecule has 3 rings (SSSR count). The summed E-state index contributed by atoms with van der Waals surface area (Å²) < 4.78 is 2.06. The van der Waals surface area contributed by atoms with Crippen molar-refractivity contribution in [2.45, 2.75) is 12.1 Å². The maximum Gasteiger partial charge on any atom is 0.195 e. The molecule has 0 saturated carbocycles. The van der Waals surface area contributed by atoms with E-state index >= 15 is 0 Å². The first-order chi connectivity index (χ1) is 8.81. The molecule has 0 bridgehead atoms. The Morgan fingerprint density at radius 2 is 1.94 bits per heavy atom. The first kappa shape index (κ1) is 11.2. The van der Waals surface area contributed by atoms with E-state index in [1.54, 1.807) is 18.0 Å². The van der Waals surface area contributed by atoms with E-state index in [0.717, 1.165) is 27.8 Å². The van der Waals surface area contributed by atoms with Crippen LogP contribution < -0.4 is 0 Å². The van der Waals surface area contributed by atoms with Crippen molar-refractivity contribution in [3.8, 4) is 11.4 Å². The molecule has 2 heterocycles. The average molecular weight is 256 g/mol. The molecule has 2 aromatic heterocycles. The Balaban J connectivity index is 2.37. The van der Waals surface area contributed by atoms with E-state index in [1.807, 2.05) is 31.4 Å². The molecule has 0 amide bonds. The second kappa shape index (κ2) is 4.42. The van der Waals surface area contributed by atoms with E-state index in [4.69, 9.17) is 0 Å². The van der Waals surface area contributed by atoms with Gasteiger partial charge < -0.3 is 0 Å². The molecule has 0 radical (unpaired) electrons. The Hall–Kier alpha value is -1.88. The van der Waals surface area contributed by atoms with E-state index in [2.05, 4.69) is 31.7 Å². The largest absolute Gasteiger partial charge is 0.268 e. The molecule has 0 atom stereocenters. The fourth-order valence-corrected chi connectivity index (χ4v) is 2.47. The molecular weight excluding hydrogens is 244 g/mol. The summed E-state index contributed by atoms with van der Waals surface area (Å²) in [6, 6.07) is 10.1. The topological polar surface area (TPSA) is 43.1 Å². The van der Waals surface area contributed by atoms with Gasteiger partial charge in [-0.25, -0.2) is 4.98 Å². The van der Waals surface area contributed by atoms with E-state index in [1.165, 1.54) is 0 Å². The van der Waals surface area contributed by atoms with Crippen LogP contribution >= 0.6 is 11.8 Å². The zero-order chi connectivity index (χ0) is 12.5. The van der Waals surface area contributed by atoms with Gasteiger partial charge in [0.05, 0.1) is 17.4 Å². The molecule has 0 aliphatic rings. The van der Waals surface area contributed by atoms with E-state index in [-0.39, 0.29) is 0 Å². The highest BCUT2D eigenvalue weighted by molar-refractivity contribution is 7.98. The zero-order valence-corrected chi connectivity index (χ0v) is 11.0. The molecule has 0 spiro atoms. The fourth-order valence-electron chi connectivity index (χ4n) is 1.98. The van der Waals surface area contributed by atoms with Gasteiger partial charge in [0.25, 0.3) is 0 Å². The quantitative estimate of drug-likeness (QED) is 0.661. The molecule has 0 N–H and O–H groups in total. The van der Waals surface area contributed by atoms with Crippen molar-refractivity contribution in [1.29, 1.82) is 0 Å². The smallest absolute Gasteiger partial charge is 0.195 e. The Morgan fingerprint density at radius 3 is 2.67 bits per heavy atom. The minimum atomic E-state index is 0.854. The van der Waals surface area contributed by atoms with Crippen LogP contribution in [0.25, 0.3) is 16.9 Å². The Morgan fingerprint density at radius 1 is 1.17 bits per heavy atom. The van der Waals surface area contributed by atoms with E-state index in [0.29, 0.717) is 0 Å². The number of nitrogens with zero attached hydrogens (tertiary/aromatic N) is 4. The van der Waals surface area contributed by atoms with Crippen LogP contribution in [0.5, 0.6) is 0 Å². The van der Waals surface area contributed by atoms with Gasteiger partial charge >= 0.3 is 0 Å². The van der Waals surface area contributed by atoms with Crippen molar-refractivity contribution in [3.05, 3.63) is 42.2 Å². The van der Waals surface area contributed by atoms with Gasteiger partial charge in [0.15, 0.2) is 5.16 Å². The Bertz CT molecular complexity index is 691. The first-order valence-corrected chi connectivity index (χ1v) is 6.84. The number of thioether (sulfide) groups is 1. The first-order valence-electron chi connectivity index (χ1n) is 5.61. The van der Waals surface area contributed by atoms with Gasteiger partial charge in [0.1, 0.15) is 5.82 Å². The standard InChI is InChI=1S/C13H12N4S/c1-9-11-8-14-16-13(18-2)17(11)12(15-9)10-6-4-3-5-7-10/h3-8H,1-2H3. The molecule has 5 heteroatoms. The lowest BCUT2D eigenvalue weighted by atomic mass is 10.2. The molecule has 0 unspecified atom stereocenters. The highest BCUT2D eigenvalue weighted by Crippen LogP contribution is 2.25. The molecule has 0 fully saturated rings. The van der Waals surface area contributed by atoms with Crippen LogP contribution in [-0.4, -0.2) is 25.8 Å². The number of hydrogen-bond donors (Lipinski definition) is 0. The lowest BCUT2D eigenvalue weighted by Crippen LogP contribution is -1.98. The van der Waals surface area contributed by atoms with Crippen molar-refractivity contribution < 1.29 is 0 Å². The highest BCUT2D eigenvalue weighted by Gasteiger charge is 2.13. The average Bonchev–Trinajstić information content (AvgIpc) is 2.77. The monoisotopic (exact) mass is 256 g/mol. The van der Waals surface area contributed by atoms with E-state index in [9.17, 15) is 0 Å². The minimum absolute atomic E-state index is 0.854. The lowest BCUT2D eigenvalue weighted by molar-refractivity contribution is 0.812. The Labute approximate surface area is 109 Å². The second-order valence-corrected chi connectivity index (χ2v) is 4.71. The molecule has 0 aliphatic carbocycles. The van der Waals surface area contributed by atoms with Crippen molar-refractivity contribution >= 4 is 17.3 Å². The minimum Gasteiger partial charge on any atom is -0.268 e. The third-order valence-electron chi connectivity index (χ3n) is 2.83. The van der Waals surface area contributed by atoms with Gasteiger partial charge in [-0.1, -0.05) is 42.1 Å². The summed E-state index contributed by atoms with van der Waals surface area (Å²) >= 11 is 1.57. The molecular formula is C13H12N4S. The summed E-state index contributed by atoms with van der Waals surface area (Å²) in [5.74, 6) is 0.919. The Kier molecular flexibility index (Phi) is 2.76. The molecule has 18 heavy (non-hydrogen) atoms. The third kappa shape index (κ3) is 1.67. The summed E-state index contributed by atoms with van der Waals surface area (Å²) in [4.78, 5) is 4.64. The summed E-state index contributed by atoms with van der Waals surface area (Å²) in [6.45, 7) is 1.99. The van der Waals surface area contributed by atoms with Gasteiger partial charge in [-0.05, 0) is 13.2 Å². The molecule has 0 aliphatic heterocycles. The lowest BCUT2D eigenvalue weighted by Gasteiger charge is -2.04. The van der Waals surface area contributed by atoms with Crippen molar-refractivity contribution in [3.63, 3.8) is 0 Å². The van der Waals surface area contributed by atoms with Crippen LogP contribution in [0.2, 0.25) is 0 Å². The van der Waals surface area contributed by atoms with Crippen LogP contribution in [0.4, 0.5) is 0 Å². The third-order valence-corrected chi connectivity index (χ3v) is 3.46. The molecule has 1 aromatic carbocycles. The second-order valence-electron chi connectivity index (χ2n) is 3.94. The number of aromatic nitrogens is 4. The number of fused-ring (bicyclic) bond motifs is 1. The van der Waals surface area contributed by atoms with Gasteiger partial charge in [0.2, 0.25) is 0 Å². The molecule has 0 saturated heterocycles. The van der Waals surface area contributed by atoms with Crippen LogP contribution in [0.1, 0.15) is 5.69 Å². The van der Waals surface area contributed by atoms with Crippen molar-refractivity contribution in [2.24, 2.45) is 0 Å². The fraction of sp³-hybridized carbons (Fsp3) is 0.154. The normalized spacial score (nSPS) is 11.0. The van der Waals surface area contributed by atoms with E-state index < -0.39 is 0 Å². The number of hydrogen-bond acceptors (Lipinski definition) is 4. The number of imidazole rings is 1. The highest BCUT2D eigenvalue weighted by atomic mass is 32.2. The van der Waals surface area contributed by atoms with Crippen LogP contribution in [-0.2, 0) is 0 Å². The van der Waals surface area contributed by atoms with Gasteiger partial charge in [0, 0.05) is 5.56 Å². The molecule has 4 nitrogen and oxygen atoms in total. The summed E-state index contributed by atoms with van der Waals surface area (Å²) in [7, 11) is 0. The summed E-state index contributed by atoms with van der Waals surface area (Å²) in [6.07, 6.45) is 3.75. The predicted octanol–water partition coefficient (Wildman–Crippen LogP) is 2.82. The van der Waals surface area contributed by atoms with Gasteiger partial charge in [-0.15, -0.1) is 5.10 Å². The predicted molar refractivity (Wildman–Crippen MR) is 72.7 cm³/mol. The zero-order valence-electron chi connectivity index (χ0n) is 10.2. The van der Waals surface area contributed by atoms with Crippen LogP contribution in [0.15, 0.2) is 41.7 Å².